The maximum atomic E-state index is 5.74. The summed E-state index contributed by atoms with van der Waals surface area (Å²) in [6, 6.07) is 8.34. The van der Waals surface area contributed by atoms with Crippen LogP contribution in [0.3, 0.4) is 0 Å². The molecule has 1 unspecified atom stereocenters. The smallest absolute Gasteiger partial charge is 0.0727 e. The molecule has 1 aromatic heterocycles. The molecule has 1 aromatic carbocycles. The molecular formula is C15H17N3O. The molecule has 0 aliphatic carbocycles. The Morgan fingerprint density at radius 2 is 2.11 bits per heavy atom. The van der Waals surface area contributed by atoms with E-state index in [2.05, 4.69) is 35.5 Å². The third-order valence-corrected chi connectivity index (χ3v) is 3.64. The quantitative estimate of drug-likeness (QED) is 0.650. The Labute approximate surface area is 112 Å². The molecule has 0 bridgehead atoms. The van der Waals surface area contributed by atoms with Gasteiger partial charge in [-0.25, -0.2) is 5.43 Å². The number of pyridine rings is 1. The monoisotopic (exact) mass is 255 g/mol. The Hall–Kier alpha value is -1.75. The number of nitrogens with two attached hydrogens (primary N) is 1. The number of benzene rings is 1. The van der Waals surface area contributed by atoms with Gasteiger partial charge in [-0.3, -0.25) is 10.8 Å². The summed E-state index contributed by atoms with van der Waals surface area (Å²) in [6.07, 6.45) is 3.66. The predicted octanol–water partition coefficient (Wildman–Crippen LogP) is 1.97. The van der Waals surface area contributed by atoms with Gasteiger partial charge in [0, 0.05) is 12.4 Å². The molecule has 3 rings (SSSR count). The van der Waals surface area contributed by atoms with E-state index in [1.807, 2.05) is 12.3 Å². The van der Waals surface area contributed by atoms with Gasteiger partial charge in [-0.2, -0.15) is 0 Å². The highest BCUT2D eigenvalue weighted by atomic mass is 16.5. The predicted molar refractivity (Wildman–Crippen MR) is 73.1 cm³/mol. The minimum absolute atomic E-state index is 0.0420. The van der Waals surface area contributed by atoms with Crippen LogP contribution in [0.2, 0.25) is 0 Å². The van der Waals surface area contributed by atoms with Gasteiger partial charge in [-0.1, -0.05) is 18.2 Å². The molecule has 1 atom stereocenters. The summed E-state index contributed by atoms with van der Waals surface area (Å²) in [5.74, 6) is 5.74. The first-order valence-corrected chi connectivity index (χ1v) is 6.35. The number of aryl methyl sites for hydroxylation is 1. The fourth-order valence-corrected chi connectivity index (χ4v) is 2.52. The lowest BCUT2D eigenvalue weighted by Crippen LogP contribution is -2.29. The molecule has 0 amide bonds. The molecule has 2 heterocycles. The number of rotatable bonds is 3. The lowest BCUT2D eigenvalue weighted by atomic mass is 9.95. The Kier molecular flexibility index (Phi) is 3.29. The Bertz CT molecular complexity index is 598. The fraction of sp³-hybridized carbons (Fsp3) is 0.267. The van der Waals surface area contributed by atoms with Gasteiger partial charge in [0.05, 0.1) is 19.3 Å². The van der Waals surface area contributed by atoms with E-state index < -0.39 is 0 Å². The number of ether oxygens (including phenoxy) is 1. The van der Waals surface area contributed by atoms with Gasteiger partial charge in [0.2, 0.25) is 0 Å². The van der Waals surface area contributed by atoms with Gasteiger partial charge in [-0.15, -0.1) is 0 Å². The maximum absolute atomic E-state index is 5.74. The van der Waals surface area contributed by atoms with Crippen molar-refractivity contribution < 1.29 is 4.74 Å². The molecule has 0 saturated carbocycles. The number of nitrogens with zero attached hydrogens (tertiary/aromatic N) is 1. The molecule has 0 fully saturated rings. The van der Waals surface area contributed by atoms with Gasteiger partial charge in [0.15, 0.2) is 0 Å². The van der Waals surface area contributed by atoms with E-state index in [4.69, 9.17) is 10.6 Å². The van der Waals surface area contributed by atoms with Crippen molar-refractivity contribution in [1.82, 2.24) is 10.4 Å². The number of hydrazine groups is 1. The third-order valence-electron chi connectivity index (χ3n) is 3.64. The summed E-state index contributed by atoms with van der Waals surface area (Å²) in [4.78, 5) is 4.19. The molecule has 19 heavy (non-hydrogen) atoms. The van der Waals surface area contributed by atoms with Gasteiger partial charge >= 0.3 is 0 Å². The van der Waals surface area contributed by atoms with Crippen LogP contribution in [0.15, 0.2) is 36.7 Å². The SMILES string of the molecule is Cc1ccncc1C(NN)c1ccc2c(c1)COC2. The van der Waals surface area contributed by atoms with E-state index in [1.165, 1.54) is 16.7 Å². The van der Waals surface area contributed by atoms with E-state index in [-0.39, 0.29) is 6.04 Å². The van der Waals surface area contributed by atoms with Gasteiger partial charge < -0.3 is 4.74 Å². The summed E-state index contributed by atoms with van der Waals surface area (Å²) in [5.41, 5.74) is 8.82. The van der Waals surface area contributed by atoms with Gasteiger partial charge in [-0.05, 0) is 40.8 Å². The minimum atomic E-state index is -0.0420. The van der Waals surface area contributed by atoms with Crippen LogP contribution < -0.4 is 11.3 Å². The number of nitrogens with one attached hydrogen (secondary N) is 1. The fourth-order valence-electron chi connectivity index (χ4n) is 2.52. The van der Waals surface area contributed by atoms with Gasteiger partial charge in [0.1, 0.15) is 0 Å². The lowest BCUT2D eigenvalue weighted by molar-refractivity contribution is 0.134. The number of fused-ring (bicyclic) bond motifs is 1. The average molecular weight is 255 g/mol. The van der Waals surface area contributed by atoms with E-state index >= 15 is 0 Å². The van der Waals surface area contributed by atoms with Crippen LogP contribution in [0, 0.1) is 6.92 Å². The van der Waals surface area contributed by atoms with Crippen LogP contribution in [0.25, 0.3) is 0 Å². The van der Waals surface area contributed by atoms with E-state index in [0.29, 0.717) is 13.2 Å². The minimum Gasteiger partial charge on any atom is -0.372 e. The van der Waals surface area contributed by atoms with Crippen LogP contribution in [0.4, 0.5) is 0 Å². The van der Waals surface area contributed by atoms with Crippen LogP contribution in [-0.2, 0) is 18.0 Å². The first-order chi connectivity index (χ1) is 9.29. The van der Waals surface area contributed by atoms with Crippen LogP contribution >= 0.6 is 0 Å². The lowest BCUT2D eigenvalue weighted by Gasteiger charge is -2.19. The van der Waals surface area contributed by atoms with Crippen molar-refractivity contribution in [3.05, 3.63) is 64.5 Å². The first kappa shape index (κ1) is 12.3. The third kappa shape index (κ3) is 2.26. The van der Waals surface area contributed by atoms with Gasteiger partial charge in [0.25, 0.3) is 0 Å². The van der Waals surface area contributed by atoms with Crippen molar-refractivity contribution in [3.63, 3.8) is 0 Å². The van der Waals surface area contributed by atoms with E-state index in [1.54, 1.807) is 6.20 Å². The second-order valence-electron chi connectivity index (χ2n) is 4.85. The molecule has 2 aromatic rings. The highest BCUT2D eigenvalue weighted by Gasteiger charge is 2.18. The molecule has 0 radical (unpaired) electrons. The standard InChI is InChI=1S/C15H17N3O/c1-10-4-5-17-7-14(10)15(18-16)11-2-3-12-8-19-9-13(12)6-11/h2-7,15,18H,8-9,16H2,1H3. The van der Waals surface area contributed by atoms with Crippen molar-refractivity contribution in [1.29, 1.82) is 0 Å². The molecule has 4 nitrogen and oxygen atoms in total. The number of hydrogen-bond acceptors (Lipinski definition) is 4. The van der Waals surface area contributed by atoms with Crippen LogP contribution in [0.1, 0.15) is 33.9 Å². The highest BCUT2D eigenvalue weighted by Crippen LogP contribution is 2.28. The average Bonchev–Trinajstić information content (AvgIpc) is 2.89. The Morgan fingerprint density at radius 1 is 1.26 bits per heavy atom. The molecular weight excluding hydrogens is 238 g/mol. The van der Waals surface area contributed by atoms with Crippen molar-refractivity contribution in [3.8, 4) is 0 Å². The summed E-state index contributed by atoms with van der Waals surface area (Å²) < 4.78 is 5.45. The molecule has 1 aliphatic rings. The zero-order chi connectivity index (χ0) is 13.2. The zero-order valence-corrected chi connectivity index (χ0v) is 10.9. The highest BCUT2D eigenvalue weighted by molar-refractivity contribution is 5.40. The summed E-state index contributed by atoms with van der Waals surface area (Å²) >= 11 is 0. The molecule has 3 N–H and O–H groups in total. The van der Waals surface area contributed by atoms with Crippen LogP contribution in [-0.4, -0.2) is 4.98 Å². The number of hydrogen-bond donors (Lipinski definition) is 2. The number of aromatic nitrogens is 1. The molecule has 98 valence electrons. The second kappa shape index (κ2) is 5.09. The Morgan fingerprint density at radius 3 is 2.89 bits per heavy atom. The maximum Gasteiger partial charge on any atom is 0.0727 e. The molecule has 0 saturated heterocycles. The summed E-state index contributed by atoms with van der Waals surface area (Å²) in [6.45, 7) is 3.46. The molecule has 0 spiro atoms. The largest absolute Gasteiger partial charge is 0.372 e. The van der Waals surface area contributed by atoms with Crippen molar-refractivity contribution in [2.45, 2.75) is 26.2 Å². The summed E-state index contributed by atoms with van der Waals surface area (Å²) in [5, 5.41) is 0. The topological polar surface area (TPSA) is 60.2 Å². The summed E-state index contributed by atoms with van der Waals surface area (Å²) in [7, 11) is 0. The second-order valence-corrected chi connectivity index (χ2v) is 4.85. The van der Waals surface area contributed by atoms with Crippen molar-refractivity contribution >= 4 is 0 Å². The normalized spacial score (nSPS) is 15.3. The zero-order valence-electron chi connectivity index (χ0n) is 10.9. The van der Waals surface area contributed by atoms with Crippen LogP contribution in [0.5, 0.6) is 0 Å². The molecule has 4 heteroatoms. The van der Waals surface area contributed by atoms with Crippen molar-refractivity contribution in [2.24, 2.45) is 5.84 Å². The van der Waals surface area contributed by atoms with Crippen molar-refractivity contribution in [2.75, 3.05) is 0 Å². The first-order valence-electron chi connectivity index (χ1n) is 6.35. The van der Waals surface area contributed by atoms with E-state index in [9.17, 15) is 0 Å². The Balaban J connectivity index is 2.01. The molecule has 1 aliphatic heterocycles. The van der Waals surface area contributed by atoms with E-state index in [0.717, 1.165) is 11.1 Å².